The van der Waals surface area contributed by atoms with E-state index in [2.05, 4.69) is 26.1 Å². The Labute approximate surface area is 58.8 Å². The molecule has 1 heteroatoms. The van der Waals surface area contributed by atoms with E-state index in [-0.39, 0.29) is 0 Å². The first kappa shape index (κ1) is 8.96. The van der Waals surface area contributed by atoms with Gasteiger partial charge in [0.1, 0.15) is 0 Å². The van der Waals surface area contributed by atoms with Crippen LogP contribution in [0.2, 0.25) is 0 Å². The predicted octanol–water partition coefficient (Wildman–Crippen LogP) is 2.03. The van der Waals surface area contributed by atoms with E-state index in [9.17, 15) is 0 Å². The minimum Gasteiger partial charge on any atom is -0.317 e. The quantitative estimate of drug-likeness (QED) is 0.612. The van der Waals surface area contributed by atoms with Gasteiger partial charge >= 0.3 is 0 Å². The highest BCUT2D eigenvalue weighted by molar-refractivity contribution is 4.57. The lowest BCUT2D eigenvalue weighted by molar-refractivity contribution is 0.475. The van der Waals surface area contributed by atoms with Gasteiger partial charge in [-0.25, -0.2) is 0 Å². The molecular formula is C8H19N. The summed E-state index contributed by atoms with van der Waals surface area (Å²) in [6.45, 7) is 6.76. The molecule has 0 aliphatic carbocycles. The van der Waals surface area contributed by atoms with Crippen molar-refractivity contribution >= 4 is 0 Å². The average molecular weight is 129 g/mol. The molecule has 1 atom stereocenters. The van der Waals surface area contributed by atoms with Crippen LogP contribution in [-0.2, 0) is 0 Å². The zero-order valence-corrected chi connectivity index (χ0v) is 7.07. The van der Waals surface area contributed by atoms with Gasteiger partial charge in [-0.1, -0.05) is 13.8 Å². The molecule has 1 unspecified atom stereocenters. The summed E-state index contributed by atoms with van der Waals surface area (Å²) >= 11 is 0. The predicted molar refractivity (Wildman–Crippen MR) is 42.6 cm³/mol. The van der Waals surface area contributed by atoms with Crippen LogP contribution in [0.1, 0.15) is 33.6 Å². The molecule has 0 aliphatic heterocycles. The molecular weight excluding hydrogens is 110 g/mol. The molecule has 0 radical (unpaired) electrons. The molecule has 0 heterocycles. The molecule has 0 aromatic heterocycles. The van der Waals surface area contributed by atoms with Crippen molar-refractivity contribution in [1.29, 1.82) is 0 Å². The number of hydrogen-bond acceptors (Lipinski definition) is 1. The van der Waals surface area contributed by atoms with Crippen LogP contribution in [0.25, 0.3) is 0 Å². The maximum atomic E-state index is 3.22. The van der Waals surface area contributed by atoms with Crippen LogP contribution in [0.15, 0.2) is 0 Å². The standard InChI is InChI=1S/C8H19N/c1-7(2)5-6-8(3)9-4/h7-9H,5-6H2,1-4H3. The monoisotopic (exact) mass is 129 g/mol. The molecule has 0 amide bonds. The van der Waals surface area contributed by atoms with Crippen LogP contribution in [0.5, 0.6) is 0 Å². The normalized spacial score (nSPS) is 14.3. The topological polar surface area (TPSA) is 12.0 Å². The molecule has 0 aromatic rings. The lowest BCUT2D eigenvalue weighted by Gasteiger charge is -2.10. The van der Waals surface area contributed by atoms with Gasteiger partial charge in [0.25, 0.3) is 0 Å². The molecule has 1 nitrogen and oxygen atoms in total. The molecule has 0 saturated carbocycles. The van der Waals surface area contributed by atoms with E-state index in [1.807, 2.05) is 7.05 Å². The highest BCUT2D eigenvalue weighted by Gasteiger charge is 1.98. The lowest BCUT2D eigenvalue weighted by atomic mass is 10.0. The first-order valence-corrected chi connectivity index (χ1v) is 3.84. The second-order valence-corrected chi connectivity index (χ2v) is 3.16. The van der Waals surface area contributed by atoms with E-state index in [1.165, 1.54) is 12.8 Å². The van der Waals surface area contributed by atoms with Crippen LogP contribution in [0.4, 0.5) is 0 Å². The SMILES string of the molecule is CNC(C)CCC(C)C. The van der Waals surface area contributed by atoms with E-state index in [4.69, 9.17) is 0 Å². The summed E-state index contributed by atoms with van der Waals surface area (Å²) < 4.78 is 0. The molecule has 0 aromatic carbocycles. The van der Waals surface area contributed by atoms with Gasteiger partial charge in [-0.05, 0) is 32.7 Å². The minimum absolute atomic E-state index is 0.687. The fourth-order valence-electron chi connectivity index (χ4n) is 0.728. The van der Waals surface area contributed by atoms with Gasteiger partial charge < -0.3 is 5.32 Å². The van der Waals surface area contributed by atoms with Crippen molar-refractivity contribution in [2.24, 2.45) is 5.92 Å². The van der Waals surface area contributed by atoms with Gasteiger partial charge in [0, 0.05) is 6.04 Å². The smallest absolute Gasteiger partial charge is 0.00358 e. The first-order chi connectivity index (χ1) is 4.16. The largest absolute Gasteiger partial charge is 0.317 e. The molecule has 56 valence electrons. The molecule has 0 spiro atoms. The van der Waals surface area contributed by atoms with E-state index in [1.54, 1.807) is 0 Å². The molecule has 0 fully saturated rings. The zero-order chi connectivity index (χ0) is 7.28. The molecule has 0 saturated heterocycles. The third kappa shape index (κ3) is 5.84. The fraction of sp³-hybridized carbons (Fsp3) is 1.00. The maximum Gasteiger partial charge on any atom is 0.00358 e. The third-order valence-electron chi connectivity index (χ3n) is 1.67. The molecule has 0 aliphatic rings. The molecule has 9 heavy (non-hydrogen) atoms. The second-order valence-electron chi connectivity index (χ2n) is 3.16. The molecule has 0 bridgehead atoms. The highest BCUT2D eigenvalue weighted by Crippen LogP contribution is 2.05. The summed E-state index contributed by atoms with van der Waals surface area (Å²) in [5.74, 6) is 0.848. The van der Waals surface area contributed by atoms with E-state index < -0.39 is 0 Å². The van der Waals surface area contributed by atoms with Gasteiger partial charge in [0.2, 0.25) is 0 Å². The van der Waals surface area contributed by atoms with Gasteiger partial charge in [0.05, 0.1) is 0 Å². The first-order valence-electron chi connectivity index (χ1n) is 3.84. The summed E-state index contributed by atoms with van der Waals surface area (Å²) in [7, 11) is 2.02. The van der Waals surface area contributed by atoms with Gasteiger partial charge in [0.15, 0.2) is 0 Å². The average Bonchev–Trinajstić information content (AvgIpc) is 1.83. The zero-order valence-electron chi connectivity index (χ0n) is 7.07. The number of rotatable bonds is 4. The Morgan fingerprint density at radius 2 is 1.67 bits per heavy atom. The lowest BCUT2D eigenvalue weighted by Crippen LogP contribution is -2.21. The van der Waals surface area contributed by atoms with Crippen LogP contribution in [0, 0.1) is 5.92 Å². The van der Waals surface area contributed by atoms with Crippen molar-refractivity contribution in [3.63, 3.8) is 0 Å². The Bertz CT molecular complexity index is 59.6. The minimum atomic E-state index is 0.687. The number of hydrogen-bond donors (Lipinski definition) is 1. The maximum absolute atomic E-state index is 3.22. The van der Waals surface area contributed by atoms with Crippen molar-refractivity contribution < 1.29 is 0 Å². The molecule has 1 N–H and O–H groups in total. The van der Waals surface area contributed by atoms with Crippen LogP contribution >= 0.6 is 0 Å². The van der Waals surface area contributed by atoms with Crippen molar-refractivity contribution in [3.05, 3.63) is 0 Å². The van der Waals surface area contributed by atoms with Gasteiger partial charge in [-0.3, -0.25) is 0 Å². The van der Waals surface area contributed by atoms with Gasteiger partial charge in [-0.2, -0.15) is 0 Å². The van der Waals surface area contributed by atoms with Crippen molar-refractivity contribution in [2.45, 2.75) is 39.7 Å². The van der Waals surface area contributed by atoms with Crippen molar-refractivity contribution in [3.8, 4) is 0 Å². The summed E-state index contributed by atoms with van der Waals surface area (Å²) in [6.07, 6.45) is 2.64. The Balaban J connectivity index is 3.06. The van der Waals surface area contributed by atoms with E-state index >= 15 is 0 Å². The van der Waals surface area contributed by atoms with Crippen molar-refractivity contribution in [1.82, 2.24) is 5.32 Å². The Hall–Kier alpha value is -0.0400. The van der Waals surface area contributed by atoms with Crippen molar-refractivity contribution in [2.75, 3.05) is 7.05 Å². The summed E-state index contributed by atoms with van der Waals surface area (Å²) in [4.78, 5) is 0. The second kappa shape index (κ2) is 4.80. The third-order valence-corrected chi connectivity index (χ3v) is 1.67. The Morgan fingerprint density at radius 3 is 2.00 bits per heavy atom. The van der Waals surface area contributed by atoms with Crippen LogP contribution in [-0.4, -0.2) is 13.1 Å². The number of nitrogens with one attached hydrogen (secondary N) is 1. The Morgan fingerprint density at radius 1 is 1.11 bits per heavy atom. The van der Waals surface area contributed by atoms with Crippen LogP contribution < -0.4 is 5.32 Å². The molecule has 0 rings (SSSR count). The summed E-state index contributed by atoms with van der Waals surface area (Å²) in [6, 6.07) is 0.687. The summed E-state index contributed by atoms with van der Waals surface area (Å²) in [5, 5.41) is 3.22. The fourth-order valence-corrected chi connectivity index (χ4v) is 0.728. The highest BCUT2D eigenvalue weighted by atomic mass is 14.8. The van der Waals surface area contributed by atoms with Crippen LogP contribution in [0.3, 0.4) is 0 Å². The van der Waals surface area contributed by atoms with Gasteiger partial charge in [-0.15, -0.1) is 0 Å². The Kier molecular flexibility index (Phi) is 4.78. The van der Waals surface area contributed by atoms with E-state index in [0.717, 1.165) is 5.92 Å². The van der Waals surface area contributed by atoms with E-state index in [0.29, 0.717) is 6.04 Å². The summed E-state index contributed by atoms with van der Waals surface area (Å²) in [5.41, 5.74) is 0.